The van der Waals surface area contributed by atoms with Gasteiger partial charge in [-0.15, -0.1) is 0 Å². The molecule has 2 aliphatic heterocycles. The Hall–Kier alpha value is -1.96. The summed E-state index contributed by atoms with van der Waals surface area (Å²) >= 11 is 0. The maximum Gasteiger partial charge on any atom is 0.226 e. The zero-order valence-corrected chi connectivity index (χ0v) is 17.9. The van der Waals surface area contributed by atoms with Crippen molar-refractivity contribution in [3.63, 3.8) is 0 Å². The zero-order chi connectivity index (χ0) is 20.8. The molecule has 1 atom stereocenters. The number of carbonyl (C=O) groups excluding carboxylic acids is 2. The van der Waals surface area contributed by atoms with Crippen LogP contribution in [0.3, 0.4) is 0 Å². The van der Waals surface area contributed by atoms with Crippen LogP contribution in [0.15, 0.2) is 4.52 Å². The van der Waals surface area contributed by atoms with Crippen LogP contribution in [0.2, 0.25) is 0 Å². The first-order valence-electron chi connectivity index (χ1n) is 10.9. The molecule has 2 saturated heterocycles. The van der Waals surface area contributed by atoms with Gasteiger partial charge in [0.05, 0.1) is 12.7 Å². The van der Waals surface area contributed by atoms with Crippen LogP contribution in [0.25, 0.3) is 0 Å². The summed E-state index contributed by atoms with van der Waals surface area (Å²) in [4.78, 5) is 32.6. The van der Waals surface area contributed by atoms with Crippen LogP contribution in [0.5, 0.6) is 0 Å². The molecular formula is C21H34N4O4. The number of piperidine rings is 2. The molecule has 8 heteroatoms. The summed E-state index contributed by atoms with van der Waals surface area (Å²) in [6.45, 7) is 9.18. The van der Waals surface area contributed by atoms with Crippen LogP contribution >= 0.6 is 0 Å². The first-order chi connectivity index (χ1) is 13.9. The minimum Gasteiger partial charge on any atom is -0.376 e. The van der Waals surface area contributed by atoms with E-state index in [2.05, 4.69) is 24.0 Å². The quantitative estimate of drug-likeness (QED) is 0.689. The largest absolute Gasteiger partial charge is 0.376 e. The van der Waals surface area contributed by atoms with Crippen molar-refractivity contribution in [1.82, 2.24) is 19.9 Å². The van der Waals surface area contributed by atoms with E-state index in [-0.39, 0.29) is 23.8 Å². The number of carbonyl (C=O) groups is 2. The first-order valence-corrected chi connectivity index (χ1v) is 10.9. The molecule has 2 fully saturated rings. The van der Waals surface area contributed by atoms with Crippen LogP contribution in [0, 0.1) is 11.8 Å². The lowest BCUT2D eigenvalue weighted by atomic mass is 9.94. The Bertz CT molecular complexity index is 682. The van der Waals surface area contributed by atoms with Gasteiger partial charge in [0.2, 0.25) is 17.7 Å². The molecule has 0 aliphatic carbocycles. The van der Waals surface area contributed by atoms with Crippen LogP contribution in [-0.2, 0) is 27.2 Å². The van der Waals surface area contributed by atoms with Crippen LogP contribution in [0.1, 0.15) is 58.2 Å². The van der Waals surface area contributed by atoms with Crippen molar-refractivity contribution >= 4 is 11.8 Å². The lowest BCUT2D eigenvalue weighted by Crippen LogP contribution is -2.48. The Kier molecular flexibility index (Phi) is 7.64. The third-order valence-corrected chi connectivity index (χ3v) is 5.75. The summed E-state index contributed by atoms with van der Waals surface area (Å²) in [5, 5.41) is 4.02. The second kappa shape index (κ2) is 10.2. The smallest absolute Gasteiger partial charge is 0.226 e. The van der Waals surface area contributed by atoms with E-state index in [0.717, 1.165) is 38.6 Å². The van der Waals surface area contributed by atoms with Gasteiger partial charge in [-0.25, -0.2) is 0 Å². The number of hydrogen-bond acceptors (Lipinski definition) is 6. The normalized spacial score (nSPS) is 21.0. The Balaban J connectivity index is 1.40. The lowest BCUT2D eigenvalue weighted by molar-refractivity contribution is -0.143. The van der Waals surface area contributed by atoms with Crippen molar-refractivity contribution < 1.29 is 18.8 Å². The lowest BCUT2D eigenvalue weighted by Gasteiger charge is -2.37. The minimum atomic E-state index is 0.0306. The molecule has 162 valence electrons. The van der Waals surface area contributed by atoms with Crippen molar-refractivity contribution in [1.29, 1.82) is 0 Å². The molecule has 1 aromatic rings. The van der Waals surface area contributed by atoms with Gasteiger partial charge in [-0.3, -0.25) is 9.59 Å². The van der Waals surface area contributed by atoms with Gasteiger partial charge in [0.1, 0.15) is 0 Å². The molecule has 3 rings (SSSR count). The summed E-state index contributed by atoms with van der Waals surface area (Å²) in [5.74, 6) is 2.20. The number of aromatic nitrogens is 2. The predicted octanol–water partition coefficient (Wildman–Crippen LogP) is 2.08. The number of ether oxygens (including phenoxy) is 1. The van der Waals surface area contributed by atoms with Crippen molar-refractivity contribution in [2.45, 2.75) is 65.4 Å². The summed E-state index contributed by atoms with van der Waals surface area (Å²) in [5.41, 5.74) is 0. The van der Waals surface area contributed by atoms with Crippen LogP contribution in [-0.4, -0.2) is 70.6 Å². The molecule has 0 radical (unpaired) electrons. The van der Waals surface area contributed by atoms with E-state index in [4.69, 9.17) is 9.26 Å². The molecule has 8 nitrogen and oxygen atoms in total. The van der Waals surface area contributed by atoms with E-state index >= 15 is 0 Å². The Labute approximate surface area is 172 Å². The number of amides is 2. The molecule has 0 bridgehead atoms. The number of rotatable bonds is 7. The standard InChI is InChI=1S/C21H34N4O4/c1-15(2)13-20-22-19(23-29-20)8-12-28-18-5-4-9-25(14-18)21(27)17-6-10-24(11-7-17)16(3)26/h15,17-18H,4-14H2,1-3H3. The summed E-state index contributed by atoms with van der Waals surface area (Å²) < 4.78 is 11.3. The van der Waals surface area contributed by atoms with Crippen molar-refractivity contribution in [2.75, 3.05) is 32.8 Å². The maximum absolute atomic E-state index is 12.9. The SMILES string of the molecule is CC(=O)N1CCC(C(=O)N2CCCC(OCCc3noc(CC(C)C)n3)C2)CC1. The average Bonchev–Trinajstić information content (AvgIpc) is 3.14. The molecule has 1 unspecified atom stereocenters. The first kappa shape index (κ1) is 21.7. The number of nitrogens with zero attached hydrogens (tertiary/aromatic N) is 4. The van der Waals surface area contributed by atoms with Gasteiger partial charge in [-0.2, -0.15) is 4.98 Å². The molecule has 2 amide bonds. The van der Waals surface area contributed by atoms with Crippen LogP contribution in [0.4, 0.5) is 0 Å². The number of hydrogen-bond donors (Lipinski definition) is 0. The van der Waals surface area contributed by atoms with Gasteiger partial charge in [-0.05, 0) is 31.6 Å². The second-order valence-electron chi connectivity index (χ2n) is 8.65. The molecule has 29 heavy (non-hydrogen) atoms. The molecular weight excluding hydrogens is 372 g/mol. The highest BCUT2D eigenvalue weighted by Gasteiger charge is 2.32. The molecule has 3 heterocycles. The second-order valence-corrected chi connectivity index (χ2v) is 8.65. The Morgan fingerprint density at radius 3 is 2.62 bits per heavy atom. The van der Waals surface area contributed by atoms with E-state index in [1.54, 1.807) is 6.92 Å². The molecule has 1 aromatic heterocycles. The van der Waals surface area contributed by atoms with Crippen molar-refractivity contribution in [3.8, 4) is 0 Å². The van der Waals surface area contributed by atoms with E-state index in [0.29, 0.717) is 50.3 Å². The fourth-order valence-electron chi connectivity index (χ4n) is 4.11. The summed E-state index contributed by atoms with van der Waals surface area (Å²) in [6, 6.07) is 0. The van der Waals surface area contributed by atoms with Crippen molar-refractivity contribution in [3.05, 3.63) is 11.7 Å². The highest BCUT2D eigenvalue weighted by Crippen LogP contribution is 2.23. The Morgan fingerprint density at radius 1 is 1.17 bits per heavy atom. The van der Waals surface area contributed by atoms with Crippen LogP contribution < -0.4 is 0 Å². The van der Waals surface area contributed by atoms with Gasteiger partial charge in [0.25, 0.3) is 0 Å². The van der Waals surface area contributed by atoms with Gasteiger partial charge < -0.3 is 19.1 Å². The van der Waals surface area contributed by atoms with Crippen molar-refractivity contribution in [2.24, 2.45) is 11.8 Å². The highest BCUT2D eigenvalue weighted by atomic mass is 16.5. The molecule has 0 N–H and O–H groups in total. The van der Waals surface area contributed by atoms with E-state index in [9.17, 15) is 9.59 Å². The zero-order valence-electron chi connectivity index (χ0n) is 17.9. The maximum atomic E-state index is 12.9. The predicted molar refractivity (Wildman–Crippen MR) is 107 cm³/mol. The van der Waals surface area contributed by atoms with E-state index in [1.165, 1.54) is 0 Å². The van der Waals surface area contributed by atoms with E-state index in [1.807, 2.05) is 9.80 Å². The van der Waals surface area contributed by atoms with E-state index < -0.39 is 0 Å². The van der Waals surface area contributed by atoms with Gasteiger partial charge >= 0.3 is 0 Å². The topological polar surface area (TPSA) is 88.8 Å². The third kappa shape index (κ3) is 6.26. The van der Waals surface area contributed by atoms with Gasteiger partial charge in [0.15, 0.2) is 5.82 Å². The molecule has 0 aromatic carbocycles. The highest BCUT2D eigenvalue weighted by molar-refractivity contribution is 5.80. The number of likely N-dealkylation sites (tertiary alicyclic amines) is 2. The minimum absolute atomic E-state index is 0.0306. The summed E-state index contributed by atoms with van der Waals surface area (Å²) in [6.07, 6.45) is 4.93. The van der Waals surface area contributed by atoms with Gasteiger partial charge in [0, 0.05) is 51.9 Å². The molecule has 0 saturated carbocycles. The monoisotopic (exact) mass is 406 g/mol. The van der Waals surface area contributed by atoms with Gasteiger partial charge in [-0.1, -0.05) is 19.0 Å². The Morgan fingerprint density at radius 2 is 1.93 bits per heavy atom. The summed E-state index contributed by atoms with van der Waals surface area (Å²) in [7, 11) is 0. The molecule has 2 aliphatic rings. The fraction of sp³-hybridized carbons (Fsp3) is 0.810. The fourth-order valence-corrected chi connectivity index (χ4v) is 4.11. The third-order valence-electron chi connectivity index (χ3n) is 5.75. The average molecular weight is 407 g/mol. The molecule has 0 spiro atoms.